The van der Waals surface area contributed by atoms with Gasteiger partial charge in [0, 0.05) is 25.1 Å². The van der Waals surface area contributed by atoms with Gasteiger partial charge in [-0.2, -0.15) is 0 Å². The highest BCUT2D eigenvalue weighted by atomic mass is 16.7. The van der Waals surface area contributed by atoms with E-state index in [2.05, 4.69) is 10.0 Å². The summed E-state index contributed by atoms with van der Waals surface area (Å²) >= 11 is 0. The lowest BCUT2D eigenvalue weighted by Gasteiger charge is -2.38. The SMILES string of the molecule is COCO[C@H]1CN(C(=O)OC(C)(C)C)CC[C@@H]1CN=[N+]=[N-]. The van der Waals surface area contributed by atoms with Gasteiger partial charge in [-0.05, 0) is 38.6 Å². The minimum Gasteiger partial charge on any atom is -0.444 e. The van der Waals surface area contributed by atoms with E-state index < -0.39 is 5.60 Å². The molecule has 1 amide bonds. The van der Waals surface area contributed by atoms with E-state index in [4.69, 9.17) is 19.7 Å². The van der Waals surface area contributed by atoms with Crippen molar-refractivity contribution in [2.24, 2.45) is 11.0 Å². The summed E-state index contributed by atoms with van der Waals surface area (Å²) < 4.78 is 15.9. The lowest BCUT2D eigenvalue weighted by molar-refractivity contribution is -0.111. The van der Waals surface area contributed by atoms with Gasteiger partial charge in [-0.3, -0.25) is 0 Å². The smallest absolute Gasteiger partial charge is 0.410 e. The minimum atomic E-state index is -0.526. The molecule has 8 heteroatoms. The fourth-order valence-corrected chi connectivity index (χ4v) is 2.15. The molecule has 1 fully saturated rings. The average Bonchev–Trinajstić information content (AvgIpc) is 2.41. The Morgan fingerprint density at radius 3 is 2.76 bits per heavy atom. The van der Waals surface area contributed by atoms with E-state index >= 15 is 0 Å². The summed E-state index contributed by atoms with van der Waals surface area (Å²) in [7, 11) is 1.54. The molecule has 1 saturated heterocycles. The van der Waals surface area contributed by atoms with Crippen molar-refractivity contribution >= 4 is 6.09 Å². The molecule has 0 aromatic carbocycles. The number of carbonyl (C=O) groups excluding carboxylic acids is 1. The predicted molar refractivity (Wildman–Crippen MR) is 76.7 cm³/mol. The Kier molecular flexibility index (Phi) is 6.74. The Morgan fingerprint density at radius 1 is 1.48 bits per heavy atom. The predicted octanol–water partition coefficient (Wildman–Crippen LogP) is 2.54. The van der Waals surface area contributed by atoms with Crippen molar-refractivity contribution in [3.05, 3.63) is 10.4 Å². The summed E-state index contributed by atoms with van der Waals surface area (Å²) in [6.45, 7) is 6.96. The molecule has 1 aliphatic heterocycles. The van der Waals surface area contributed by atoms with Gasteiger partial charge in [0.1, 0.15) is 12.4 Å². The third-order valence-corrected chi connectivity index (χ3v) is 3.13. The van der Waals surface area contributed by atoms with Crippen LogP contribution in [-0.2, 0) is 14.2 Å². The van der Waals surface area contributed by atoms with Crippen LogP contribution in [0.1, 0.15) is 27.2 Å². The number of likely N-dealkylation sites (tertiary alicyclic amines) is 1. The second-order valence-electron chi connectivity index (χ2n) is 6.00. The maximum atomic E-state index is 12.1. The molecule has 0 saturated carbocycles. The number of amides is 1. The van der Waals surface area contributed by atoms with Gasteiger partial charge in [-0.15, -0.1) is 0 Å². The highest BCUT2D eigenvalue weighted by Gasteiger charge is 2.33. The van der Waals surface area contributed by atoms with Gasteiger partial charge < -0.3 is 19.1 Å². The normalized spacial score (nSPS) is 22.6. The van der Waals surface area contributed by atoms with Gasteiger partial charge >= 0.3 is 6.09 Å². The van der Waals surface area contributed by atoms with Crippen molar-refractivity contribution in [1.82, 2.24) is 4.90 Å². The summed E-state index contributed by atoms with van der Waals surface area (Å²) in [5, 5.41) is 3.61. The van der Waals surface area contributed by atoms with E-state index in [1.807, 2.05) is 20.8 Å². The average molecular weight is 300 g/mol. The van der Waals surface area contributed by atoms with Crippen LogP contribution in [-0.4, -0.2) is 56.2 Å². The third-order valence-electron chi connectivity index (χ3n) is 3.13. The Labute approximate surface area is 125 Å². The number of rotatable bonds is 5. The second kappa shape index (κ2) is 8.07. The number of ether oxygens (including phenoxy) is 3. The molecule has 0 radical (unpaired) electrons. The number of hydrogen-bond acceptors (Lipinski definition) is 5. The summed E-state index contributed by atoms with van der Waals surface area (Å²) in [5.74, 6) is 0.0785. The van der Waals surface area contributed by atoms with Gasteiger partial charge in [0.2, 0.25) is 0 Å². The monoisotopic (exact) mass is 300 g/mol. The Hall–Kier alpha value is -1.50. The van der Waals surface area contributed by atoms with Crippen LogP contribution in [0.5, 0.6) is 0 Å². The highest BCUT2D eigenvalue weighted by Crippen LogP contribution is 2.23. The Morgan fingerprint density at radius 2 is 2.19 bits per heavy atom. The molecule has 1 aliphatic rings. The molecule has 120 valence electrons. The molecular weight excluding hydrogens is 276 g/mol. The molecule has 0 aromatic heterocycles. The van der Waals surface area contributed by atoms with Crippen molar-refractivity contribution in [3.63, 3.8) is 0 Å². The molecule has 21 heavy (non-hydrogen) atoms. The van der Waals surface area contributed by atoms with E-state index in [9.17, 15) is 4.79 Å². The maximum Gasteiger partial charge on any atom is 0.410 e. The Bertz CT molecular complexity index is 390. The first-order chi connectivity index (χ1) is 9.87. The van der Waals surface area contributed by atoms with Gasteiger partial charge in [0.05, 0.1) is 12.6 Å². The number of nitrogens with zero attached hydrogens (tertiary/aromatic N) is 4. The van der Waals surface area contributed by atoms with Gasteiger partial charge in [0.15, 0.2) is 0 Å². The van der Waals surface area contributed by atoms with Crippen molar-refractivity contribution in [1.29, 1.82) is 0 Å². The van der Waals surface area contributed by atoms with E-state index in [0.29, 0.717) is 26.1 Å². The van der Waals surface area contributed by atoms with Crippen LogP contribution < -0.4 is 0 Å². The lowest BCUT2D eigenvalue weighted by atomic mass is 9.94. The molecule has 0 bridgehead atoms. The largest absolute Gasteiger partial charge is 0.444 e. The van der Waals surface area contributed by atoms with Crippen molar-refractivity contribution < 1.29 is 19.0 Å². The van der Waals surface area contributed by atoms with Crippen LogP contribution in [0.2, 0.25) is 0 Å². The van der Waals surface area contributed by atoms with Crippen LogP contribution in [0.3, 0.4) is 0 Å². The first-order valence-electron chi connectivity index (χ1n) is 6.96. The summed E-state index contributed by atoms with van der Waals surface area (Å²) in [6.07, 6.45) is 0.125. The van der Waals surface area contributed by atoms with Crippen molar-refractivity contribution in [3.8, 4) is 0 Å². The summed E-state index contributed by atoms with van der Waals surface area (Å²) in [4.78, 5) is 16.5. The lowest BCUT2D eigenvalue weighted by Crippen LogP contribution is -2.50. The van der Waals surface area contributed by atoms with Crippen LogP contribution >= 0.6 is 0 Å². The maximum absolute atomic E-state index is 12.1. The number of azide groups is 1. The fraction of sp³-hybridized carbons (Fsp3) is 0.923. The Balaban J connectivity index is 2.64. The number of piperidine rings is 1. The van der Waals surface area contributed by atoms with E-state index in [1.54, 1.807) is 4.90 Å². The molecule has 2 atom stereocenters. The molecule has 8 nitrogen and oxygen atoms in total. The topological polar surface area (TPSA) is 96.8 Å². The molecule has 1 rings (SSSR count). The fourth-order valence-electron chi connectivity index (χ4n) is 2.15. The van der Waals surface area contributed by atoms with Gasteiger partial charge in [-0.25, -0.2) is 4.79 Å². The van der Waals surface area contributed by atoms with Crippen molar-refractivity contribution in [2.75, 3.05) is 33.5 Å². The van der Waals surface area contributed by atoms with Crippen LogP contribution in [0.25, 0.3) is 10.4 Å². The zero-order valence-electron chi connectivity index (χ0n) is 13.1. The first-order valence-corrected chi connectivity index (χ1v) is 6.96. The zero-order valence-corrected chi connectivity index (χ0v) is 13.1. The standard InChI is InChI=1S/C13H24N4O4/c1-13(2,3)21-12(18)17-6-5-10(7-15-16-14)11(8-17)20-9-19-4/h10-11H,5-9H2,1-4H3/t10-,11+/m1/s1. The van der Waals surface area contributed by atoms with Crippen molar-refractivity contribution in [2.45, 2.75) is 38.9 Å². The van der Waals surface area contributed by atoms with E-state index in [1.165, 1.54) is 7.11 Å². The second-order valence-corrected chi connectivity index (χ2v) is 6.00. The highest BCUT2D eigenvalue weighted by molar-refractivity contribution is 5.68. The van der Waals surface area contributed by atoms with Crippen LogP contribution in [0.15, 0.2) is 5.11 Å². The molecule has 1 heterocycles. The van der Waals surface area contributed by atoms with E-state index in [-0.39, 0.29) is 24.9 Å². The van der Waals surface area contributed by atoms with Crippen LogP contribution in [0, 0.1) is 5.92 Å². The number of carbonyl (C=O) groups is 1. The molecule has 0 spiro atoms. The molecule has 0 aliphatic carbocycles. The van der Waals surface area contributed by atoms with Gasteiger partial charge in [0.25, 0.3) is 0 Å². The molecular formula is C13H24N4O4. The first kappa shape index (κ1) is 17.6. The minimum absolute atomic E-state index is 0.0785. The van der Waals surface area contributed by atoms with E-state index in [0.717, 1.165) is 0 Å². The molecule has 0 unspecified atom stereocenters. The number of hydrogen-bond donors (Lipinski definition) is 0. The molecule has 0 aromatic rings. The number of methoxy groups -OCH3 is 1. The quantitative estimate of drug-likeness (QED) is 0.337. The summed E-state index contributed by atoms with van der Waals surface area (Å²) in [6, 6.07) is 0. The third kappa shape index (κ3) is 6.20. The molecule has 0 N–H and O–H groups in total. The summed E-state index contributed by atoms with van der Waals surface area (Å²) in [5.41, 5.74) is 7.91. The van der Waals surface area contributed by atoms with Gasteiger partial charge in [-0.1, -0.05) is 5.11 Å². The zero-order chi connectivity index (χ0) is 15.9. The van der Waals surface area contributed by atoms with Crippen LogP contribution in [0.4, 0.5) is 4.79 Å².